The van der Waals surface area contributed by atoms with E-state index in [1.54, 1.807) is 22.2 Å². The molecule has 1 aliphatic rings. The predicted octanol–water partition coefficient (Wildman–Crippen LogP) is 4.93. The lowest BCUT2D eigenvalue weighted by Gasteiger charge is -2.23. The van der Waals surface area contributed by atoms with E-state index >= 15 is 0 Å². The highest BCUT2D eigenvalue weighted by atomic mass is 32.1. The fourth-order valence-electron chi connectivity index (χ4n) is 3.92. The molecule has 2 aromatic heterocycles. The molecule has 2 aromatic carbocycles. The summed E-state index contributed by atoms with van der Waals surface area (Å²) >= 11 is 1.57. The van der Waals surface area contributed by atoms with Crippen molar-refractivity contribution >= 4 is 22.4 Å². The van der Waals surface area contributed by atoms with Crippen molar-refractivity contribution in [1.29, 1.82) is 0 Å². The number of aromatic nitrogens is 3. The van der Waals surface area contributed by atoms with Crippen molar-refractivity contribution in [2.24, 2.45) is 0 Å². The van der Waals surface area contributed by atoms with Gasteiger partial charge in [-0.2, -0.15) is 5.10 Å². The molecule has 6 nitrogen and oxygen atoms in total. The number of thiazole rings is 1. The van der Waals surface area contributed by atoms with Crippen molar-refractivity contribution in [3.63, 3.8) is 0 Å². The van der Waals surface area contributed by atoms with Gasteiger partial charge in [-0.3, -0.25) is 15.0 Å². The summed E-state index contributed by atoms with van der Waals surface area (Å²) in [6.07, 6.45) is 2.73. The van der Waals surface area contributed by atoms with Crippen LogP contribution in [0.3, 0.4) is 0 Å². The van der Waals surface area contributed by atoms with Crippen molar-refractivity contribution in [3.05, 3.63) is 82.5 Å². The average Bonchev–Trinajstić information content (AvgIpc) is 3.43. The van der Waals surface area contributed by atoms with Gasteiger partial charge in [-0.1, -0.05) is 55.0 Å². The zero-order chi connectivity index (χ0) is 22.1. The van der Waals surface area contributed by atoms with E-state index in [0.29, 0.717) is 16.4 Å². The average molecular weight is 444 g/mol. The number of likely N-dealkylation sites (N-methyl/N-ethyl adjacent to an activating group) is 1. The number of nitrogens with zero attached hydrogens (tertiary/aromatic N) is 4. The summed E-state index contributed by atoms with van der Waals surface area (Å²) in [5.74, 6) is -0.194. The number of fused-ring (bicyclic) bond motifs is 1. The molecule has 162 valence electrons. The van der Waals surface area contributed by atoms with E-state index < -0.39 is 0 Å². The third-order valence-corrected chi connectivity index (χ3v) is 6.78. The van der Waals surface area contributed by atoms with Crippen LogP contribution in [0.1, 0.15) is 33.4 Å². The van der Waals surface area contributed by atoms with Crippen molar-refractivity contribution in [1.82, 2.24) is 19.7 Å². The zero-order valence-corrected chi connectivity index (χ0v) is 19.0. The van der Waals surface area contributed by atoms with E-state index in [0.717, 1.165) is 43.0 Å². The van der Waals surface area contributed by atoms with Crippen LogP contribution in [0, 0.1) is 6.92 Å². The van der Waals surface area contributed by atoms with E-state index in [2.05, 4.69) is 24.1 Å². The first-order valence-corrected chi connectivity index (χ1v) is 11.7. The highest BCUT2D eigenvalue weighted by Gasteiger charge is 2.23. The molecule has 0 saturated heterocycles. The Morgan fingerprint density at radius 2 is 1.91 bits per heavy atom. The molecular weight excluding hydrogens is 418 g/mol. The molecule has 1 amide bonds. The van der Waals surface area contributed by atoms with Crippen LogP contribution in [-0.2, 0) is 13.0 Å². The van der Waals surface area contributed by atoms with Gasteiger partial charge in [0.25, 0.3) is 5.91 Å². The van der Waals surface area contributed by atoms with Crippen molar-refractivity contribution in [2.75, 3.05) is 18.4 Å². The van der Waals surface area contributed by atoms with Gasteiger partial charge in [0.2, 0.25) is 0 Å². The van der Waals surface area contributed by atoms with Crippen molar-refractivity contribution in [3.8, 4) is 16.9 Å². The molecule has 4 aromatic rings. The smallest absolute Gasteiger partial charge is 0.261 e. The summed E-state index contributed by atoms with van der Waals surface area (Å²) < 4.78 is 1.77. The number of nitrogens with one attached hydrogen (secondary N) is 1. The molecule has 0 saturated carbocycles. The van der Waals surface area contributed by atoms with Crippen LogP contribution in [-0.4, -0.2) is 38.7 Å². The summed E-state index contributed by atoms with van der Waals surface area (Å²) in [5, 5.41) is 8.44. The summed E-state index contributed by atoms with van der Waals surface area (Å²) in [6, 6.07) is 17.9. The molecular formula is C25H25N5OS. The van der Waals surface area contributed by atoms with Gasteiger partial charge < -0.3 is 0 Å². The first-order valence-electron chi connectivity index (χ1n) is 10.8. The Bertz CT molecular complexity index is 1240. The molecule has 1 N–H and O–H groups in total. The van der Waals surface area contributed by atoms with Gasteiger partial charge in [-0.15, -0.1) is 11.3 Å². The Labute approximate surface area is 191 Å². The first-order chi connectivity index (χ1) is 15.6. The Hall–Kier alpha value is -3.29. The second-order valence-electron chi connectivity index (χ2n) is 8.00. The van der Waals surface area contributed by atoms with Gasteiger partial charge in [-0.05, 0) is 25.6 Å². The molecule has 0 bridgehead atoms. The van der Waals surface area contributed by atoms with Crippen molar-refractivity contribution < 1.29 is 4.79 Å². The van der Waals surface area contributed by atoms with Gasteiger partial charge in [0.1, 0.15) is 5.69 Å². The van der Waals surface area contributed by atoms with Crippen LogP contribution in [0.4, 0.5) is 5.13 Å². The number of carbonyl (C=O) groups excluding carboxylic acids is 1. The maximum absolute atomic E-state index is 13.3. The molecule has 3 heterocycles. The number of carbonyl (C=O) groups is 1. The predicted molar refractivity (Wildman–Crippen MR) is 128 cm³/mol. The number of aryl methyl sites for hydroxylation is 1. The molecule has 1 aliphatic heterocycles. The first kappa shape index (κ1) is 20.6. The molecule has 0 radical (unpaired) electrons. The minimum atomic E-state index is -0.194. The largest absolute Gasteiger partial charge is 0.298 e. The minimum Gasteiger partial charge on any atom is -0.298 e. The van der Waals surface area contributed by atoms with Gasteiger partial charge >= 0.3 is 0 Å². The van der Waals surface area contributed by atoms with Gasteiger partial charge in [-0.25, -0.2) is 9.67 Å². The molecule has 0 atom stereocenters. The van der Waals surface area contributed by atoms with Crippen LogP contribution in [0.25, 0.3) is 16.9 Å². The molecule has 0 fully saturated rings. The summed E-state index contributed by atoms with van der Waals surface area (Å²) in [7, 11) is 0. The Morgan fingerprint density at radius 1 is 1.12 bits per heavy atom. The van der Waals surface area contributed by atoms with Gasteiger partial charge in [0, 0.05) is 36.1 Å². The topological polar surface area (TPSA) is 63.1 Å². The summed E-state index contributed by atoms with van der Waals surface area (Å²) in [4.78, 5) is 21.7. The van der Waals surface area contributed by atoms with Crippen LogP contribution in [0.2, 0.25) is 0 Å². The summed E-state index contributed by atoms with van der Waals surface area (Å²) in [6.45, 7) is 7.17. The number of hydrogen-bond acceptors (Lipinski definition) is 5. The van der Waals surface area contributed by atoms with E-state index in [-0.39, 0.29) is 5.91 Å². The second-order valence-corrected chi connectivity index (χ2v) is 9.08. The third-order valence-electron chi connectivity index (χ3n) is 5.78. The Kier molecular flexibility index (Phi) is 5.59. The highest BCUT2D eigenvalue weighted by Crippen LogP contribution is 2.30. The lowest BCUT2D eigenvalue weighted by Crippen LogP contribution is -2.29. The maximum Gasteiger partial charge on any atom is 0.261 e. The van der Waals surface area contributed by atoms with Crippen LogP contribution >= 0.6 is 11.3 Å². The Morgan fingerprint density at radius 3 is 2.66 bits per heavy atom. The van der Waals surface area contributed by atoms with E-state index in [1.165, 1.54) is 10.4 Å². The SMILES string of the molecule is CCN1CCc2nc(NC(=O)c3cn(-c4ccc(C)cc4)nc3-c3ccccc3)sc2C1. The lowest BCUT2D eigenvalue weighted by molar-refractivity contribution is 0.102. The molecule has 0 aliphatic carbocycles. The molecule has 5 rings (SSSR count). The zero-order valence-electron chi connectivity index (χ0n) is 18.2. The number of rotatable bonds is 5. The van der Waals surface area contributed by atoms with E-state index in [9.17, 15) is 4.79 Å². The number of anilines is 1. The summed E-state index contributed by atoms with van der Waals surface area (Å²) in [5.41, 5.74) is 5.28. The molecule has 7 heteroatoms. The number of benzene rings is 2. The van der Waals surface area contributed by atoms with E-state index in [1.807, 2.05) is 54.6 Å². The normalized spacial score (nSPS) is 13.7. The lowest BCUT2D eigenvalue weighted by atomic mass is 10.1. The molecule has 0 unspecified atom stereocenters. The second kappa shape index (κ2) is 8.68. The van der Waals surface area contributed by atoms with Crippen LogP contribution in [0.5, 0.6) is 0 Å². The molecule has 32 heavy (non-hydrogen) atoms. The number of hydrogen-bond donors (Lipinski definition) is 1. The fourth-order valence-corrected chi connectivity index (χ4v) is 4.96. The quantitative estimate of drug-likeness (QED) is 0.475. The van der Waals surface area contributed by atoms with Crippen molar-refractivity contribution in [2.45, 2.75) is 26.8 Å². The standard InChI is InChI=1S/C25H25N5OS/c1-3-29-14-13-21-22(16-29)32-25(26-21)27-24(31)20-15-30(19-11-9-17(2)10-12-19)28-23(20)18-7-5-4-6-8-18/h4-12,15H,3,13-14,16H2,1-2H3,(H,26,27,31). The minimum absolute atomic E-state index is 0.194. The monoisotopic (exact) mass is 443 g/mol. The van der Waals surface area contributed by atoms with E-state index in [4.69, 9.17) is 10.1 Å². The Balaban J connectivity index is 1.47. The highest BCUT2D eigenvalue weighted by molar-refractivity contribution is 7.15. The maximum atomic E-state index is 13.3. The third kappa shape index (κ3) is 4.09. The number of amides is 1. The molecule has 0 spiro atoms. The fraction of sp³-hybridized carbons (Fsp3) is 0.240. The van der Waals surface area contributed by atoms with Gasteiger partial charge in [0.15, 0.2) is 5.13 Å². The van der Waals surface area contributed by atoms with Crippen LogP contribution < -0.4 is 5.32 Å². The van der Waals surface area contributed by atoms with Crippen LogP contribution in [0.15, 0.2) is 60.8 Å². The van der Waals surface area contributed by atoms with Gasteiger partial charge in [0.05, 0.1) is 16.9 Å².